The summed E-state index contributed by atoms with van der Waals surface area (Å²) in [7, 11) is 2.08. The van der Waals surface area contributed by atoms with Crippen molar-refractivity contribution in [2.45, 2.75) is 50.5 Å². The van der Waals surface area contributed by atoms with Gasteiger partial charge in [-0.15, -0.1) is 0 Å². The van der Waals surface area contributed by atoms with Crippen molar-refractivity contribution in [1.82, 2.24) is 4.90 Å². The number of rotatable bonds is 7. The first-order chi connectivity index (χ1) is 13.2. The quantitative estimate of drug-likeness (QED) is 0.612. The van der Waals surface area contributed by atoms with Crippen LogP contribution in [0.25, 0.3) is 0 Å². The van der Waals surface area contributed by atoms with Crippen molar-refractivity contribution in [3.05, 3.63) is 82.9 Å². The number of benzene rings is 2. The molecule has 2 aromatic carbocycles. The number of nitrogens with zero attached hydrogens (tertiary/aromatic N) is 1. The predicted molar refractivity (Wildman–Crippen MR) is 111 cm³/mol. The second kappa shape index (κ2) is 8.22. The Morgan fingerprint density at radius 2 is 1.56 bits per heavy atom. The normalized spacial score (nSPS) is 20.6. The Morgan fingerprint density at radius 3 is 2.26 bits per heavy atom. The summed E-state index contributed by atoms with van der Waals surface area (Å²) in [5.74, 6) is 1.03. The topological polar surface area (TPSA) is 20.3 Å². The van der Waals surface area contributed by atoms with Gasteiger partial charge in [0.05, 0.1) is 12.6 Å². The van der Waals surface area contributed by atoms with Gasteiger partial charge in [-0.25, -0.2) is 0 Å². The fraction of sp³-hybridized carbons (Fsp3) is 0.400. The van der Waals surface area contributed by atoms with Crippen molar-refractivity contribution in [3.8, 4) is 0 Å². The number of carbonyl (C=O) groups excluding carboxylic acids is 1. The fourth-order valence-electron chi connectivity index (χ4n) is 4.30. The van der Waals surface area contributed by atoms with Crippen molar-refractivity contribution in [3.63, 3.8) is 0 Å². The van der Waals surface area contributed by atoms with Gasteiger partial charge in [-0.2, -0.15) is 0 Å². The van der Waals surface area contributed by atoms with Crippen molar-refractivity contribution in [2.24, 2.45) is 0 Å². The maximum absolute atomic E-state index is 12.1. The van der Waals surface area contributed by atoms with E-state index in [4.69, 9.17) is 0 Å². The SMILES string of the molecule is CN1CC(=O)C=C(CCCCc2ccccc2)C1c1ccc(C2CC2)cc1. The molecule has 140 valence electrons. The second-order valence-corrected chi connectivity index (χ2v) is 8.14. The molecule has 1 heterocycles. The van der Waals surface area contributed by atoms with Crippen LogP contribution in [-0.4, -0.2) is 24.3 Å². The Bertz CT molecular complexity index is 802. The molecule has 1 saturated carbocycles. The molecule has 0 amide bonds. The van der Waals surface area contributed by atoms with E-state index in [-0.39, 0.29) is 11.8 Å². The maximum Gasteiger partial charge on any atom is 0.169 e. The Hall–Kier alpha value is -2.19. The van der Waals surface area contributed by atoms with E-state index < -0.39 is 0 Å². The molecule has 2 aromatic rings. The molecule has 1 unspecified atom stereocenters. The van der Waals surface area contributed by atoms with Crippen LogP contribution in [0, 0.1) is 0 Å². The highest BCUT2D eigenvalue weighted by Gasteiger charge is 2.28. The maximum atomic E-state index is 12.1. The lowest BCUT2D eigenvalue weighted by atomic mass is 9.88. The van der Waals surface area contributed by atoms with E-state index in [1.165, 1.54) is 35.1 Å². The molecule has 27 heavy (non-hydrogen) atoms. The highest BCUT2D eigenvalue weighted by molar-refractivity contribution is 5.93. The first-order valence-electron chi connectivity index (χ1n) is 10.3. The molecule has 2 aliphatic rings. The zero-order chi connectivity index (χ0) is 18.6. The van der Waals surface area contributed by atoms with Crippen LogP contribution < -0.4 is 0 Å². The van der Waals surface area contributed by atoms with Crippen molar-refractivity contribution in [2.75, 3.05) is 13.6 Å². The minimum Gasteiger partial charge on any atom is -0.293 e. The summed E-state index contributed by atoms with van der Waals surface area (Å²) in [6, 6.07) is 20.1. The lowest BCUT2D eigenvalue weighted by molar-refractivity contribution is -0.116. The van der Waals surface area contributed by atoms with Gasteiger partial charge in [-0.3, -0.25) is 9.69 Å². The van der Waals surface area contributed by atoms with Crippen molar-refractivity contribution in [1.29, 1.82) is 0 Å². The van der Waals surface area contributed by atoms with Gasteiger partial charge in [-0.05, 0) is 79.8 Å². The van der Waals surface area contributed by atoms with E-state index in [1.54, 1.807) is 0 Å². The number of likely N-dealkylation sites (N-methyl/N-ethyl adjacent to an activating group) is 1. The van der Waals surface area contributed by atoms with Gasteiger partial charge in [0.25, 0.3) is 0 Å². The first-order valence-corrected chi connectivity index (χ1v) is 10.3. The number of hydrogen-bond donors (Lipinski definition) is 0. The Morgan fingerprint density at radius 1 is 0.889 bits per heavy atom. The lowest BCUT2D eigenvalue weighted by Crippen LogP contribution is -2.35. The molecule has 0 bridgehead atoms. The third-order valence-corrected chi connectivity index (χ3v) is 5.87. The summed E-state index contributed by atoms with van der Waals surface area (Å²) in [6.07, 6.45) is 8.98. The van der Waals surface area contributed by atoms with Crippen molar-refractivity contribution >= 4 is 5.78 Å². The zero-order valence-corrected chi connectivity index (χ0v) is 16.2. The van der Waals surface area contributed by atoms with Gasteiger partial charge in [0, 0.05) is 0 Å². The molecule has 1 fully saturated rings. The fourth-order valence-corrected chi connectivity index (χ4v) is 4.30. The van der Waals surface area contributed by atoms with Gasteiger partial charge >= 0.3 is 0 Å². The largest absolute Gasteiger partial charge is 0.293 e. The molecule has 1 atom stereocenters. The third kappa shape index (κ3) is 4.56. The highest BCUT2D eigenvalue weighted by atomic mass is 16.1. The average molecular weight is 360 g/mol. The zero-order valence-electron chi connectivity index (χ0n) is 16.2. The van der Waals surface area contributed by atoms with Gasteiger partial charge in [0.1, 0.15) is 0 Å². The highest BCUT2D eigenvalue weighted by Crippen LogP contribution is 2.41. The van der Waals surface area contributed by atoms with Crippen LogP contribution in [-0.2, 0) is 11.2 Å². The van der Waals surface area contributed by atoms with E-state index in [0.717, 1.165) is 31.6 Å². The van der Waals surface area contributed by atoms with Crippen LogP contribution in [0.4, 0.5) is 0 Å². The Kier molecular flexibility index (Phi) is 5.54. The summed E-state index contributed by atoms with van der Waals surface area (Å²) in [4.78, 5) is 14.4. The Labute approximate surface area is 162 Å². The van der Waals surface area contributed by atoms with Crippen LogP contribution >= 0.6 is 0 Å². The summed E-state index contributed by atoms with van der Waals surface area (Å²) < 4.78 is 0. The summed E-state index contributed by atoms with van der Waals surface area (Å²) in [6.45, 7) is 0.516. The molecule has 1 aliphatic carbocycles. The molecule has 4 rings (SSSR count). The monoisotopic (exact) mass is 359 g/mol. The number of hydrogen-bond acceptors (Lipinski definition) is 2. The van der Waals surface area contributed by atoms with Crippen LogP contribution in [0.5, 0.6) is 0 Å². The molecular formula is C25H29NO. The van der Waals surface area contributed by atoms with Crippen LogP contribution in [0.1, 0.15) is 60.8 Å². The number of aryl methyl sites for hydroxylation is 1. The minimum absolute atomic E-state index is 0.237. The molecule has 0 saturated heterocycles. The molecule has 0 aromatic heterocycles. The van der Waals surface area contributed by atoms with E-state index in [1.807, 2.05) is 6.08 Å². The second-order valence-electron chi connectivity index (χ2n) is 8.14. The Balaban J connectivity index is 1.42. The predicted octanol–water partition coefficient (Wildman–Crippen LogP) is 5.46. The molecule has 2 nitrogen and oxygen atoms in total. The van der Waals surface area contributed by atoms with E-state index in [2.05, 4.69) is 66.5 Å². The molecule has 0 radical (unpaired) electrons. The first kappa shape index (κ1) is 18.2. The molecular weight excluding hydrogens is 330 g/mol. The number of unbranched alkanes of at least 4 members (excludes halogenated alkanes) is 1. The van der Waals surface area contributed by atoms with E-state index in [9.17, 15) is 4.79 Å². The lowest BCUT2D eigenvalue weighted by Gasteiger charge is -2.33. The van der Waals surface area contributed by atoms with Gasteiger partial charge in [0.2, 0.25) is 0 Å². The van der Waals surface area contributed by atoms with Crippen LogP contribution in [0.2, 0.25) is 0 Å². The number of ketones is 1. The van der Waals surface area contributed by atoms with Gasteiger partial charge < -0.3 is 0 Å². The minimum atomic E-state index is 0.237. The van der Waals surface area contributed by atoms with Crippen LogP contribution in [0.3, 0.4) is 0 Å². The standard InChI is InChI=1S/C25H29NO/c1-26-18-24(27)17-23(10-6-5-9-19-7-3-2-4-8-19)25(26)22-15-13-21(14-16-22)20-11-12-20/h2-4,7-8,13-17,20,25H,5-6,9-12,18H2,1H3. The summed E-state index contributed by atoms with van der Waals surface area (Å²) in [5, 5.41) is 0. The summed E-state index contributed by atoms with van der Waals surface area (Å²) >= 11 is 0. The average Bonchev–Trinajstić information content (AvgIpc) is 3.51. The van der Waals surface area contributed by atoms with Crippen LogP contribution in [0.15, 0.2) is 66.2 Å². The van der Waals surface area contributed by atoms with E-state index in [0.29, 0.717) is 6.54 Å². The van der Waals surface area contributed by atoms with Gasteiger partial charge in [0.15, 0.2) is 5.78 Å². The van der Waals surface area contributed by atoms with Gasteiger partial charge in [-0.1, -0.05) is 54.6 Å². The number of carbonyl (C=O) groups is 1. The third-order valence-electron chi connectivity index (χ3n) is 5.87. The molecule has 1 aliphatic heterocycles. The molecule has 0 spiro atoms. The van der Waals surface area contributed by atoms with Crippen molar-refractivity contribution < 1.29 is 4.79 Å². The smallest absolute Gasteiger partial charge is 0.169 e. The summed E-state index contributed by atoms with van der Waals surface area (Å²) in [5.41, 5.74) is 5.47. The molecule has 2 heteroatoms. The van der Waals surface area contributed by atoms with E-state index >= 15 is 0 Å². The molecule has 0 N–H and O–H groups in total.